The number of likely N-dealkylation sites (N-methyl/N-ethyl adjacent to an activating group) is 1. The van der Waals surface area contributed by atoms with E-state index in [1.807, 2.05) is 0 Å². The average Bonchev–Trinajstić information content (AvgIpc) is 2.17. The van der Waals surface area contributed by atoms with Gasteiger partial charge in [0.1, 0.15) is 12.4 Å². The standard InChI is InChI=1S/C9H11N3O3/c1-12(5-8(13)14)7-4-6(9(10)15)2-3-11-7/h2-4H,5H2,1H3,(H2,10,15)(H,13,14). The monoisotopic (exact) mass is 209 g/mol. The topological polar surface area (TPSA) is 96.5 Å². The summed E-state index contributed by atoms with van der Waals surface area (Å²) in [6.45, 7) is -0.185. The van der Waals surface area contributed by atoms with Gasteiger partial charge in [0.05, 0.1) is 0 Å². The highest BCUT2D eigenvalue weighted by Crippen LogP contribution is 2.10. The molecule has 6 nitrogen and oxygen atoms in total. The van der Waals surface area contributed by atoms with Gasteiger partial charge in [-0.3, -0.25) is 9.59 Å². The number of anilines is 1. The number of carbonyl (C=O) groups is 2. The van der Waals surface area contributed by atoms with E-state index in [1.54, 1.807) is 7.05 Å². The Morgan fingerprint density at radius 1 is 1.60 bits per heavy atom. The molecule has 0 bridgehead atoms. The Labute approximate surface area is 86.3 Å². The van der Waals surface area contributed by atoms with E-state index in [-0.39, 0.29) is 6.54 Å². The molecule has 1 rings (SSSR count). The van der Waals surface area contributed by atoms with Crippen LogP contribution in [0.25, 0.3) is 0 Å². The smallest absolute Gasteiger partial charge is 0.323 e. The van der Waals surface area contributed by atoms with Crippen LogP contribution in [0.15, 0.2) is 18.3 Å². The Kier molecular flexibility index (Phi) is 3.22. The van der Waals surface area contributed by atoms with E-state index in [9.17, 15) is 9.59 Å². The third kappa shape index (κ3) is 2.94. The van der Waals surface area contributed by atoms with Gasteiger partial charge >= 0.3 is 5.97 Å². The fourth-order valence-electron chi connectivity index (χ4n) is 1.06. The molecule has 0 saturated heterocycles. The number of pyridine rings is 1. The van der Waals surface area contributed by atoms with E-state index < -0.39 is 11.9 Å². The minimum absolute atomic E-state index is 0.185. The molecule has 0 atom stereocenters. The van der Waals surface area contributed by atoms with Crippen LogP contribution < -0.4 is 10.6 Å². The molecule has 6 heteroatoms. The van der Waals surface area contributed by atoms with Crippen LogP contribution in [0, 0.1) is 0 Å². The van der Waals surface area contributed by atoms with Crippen molar-refractivity contribution in [2.75, 3.05) is 18.5 Å². The van der Waals surface area contributed by atoms with Crippen molar-refractivity contribution >= 4 is 17.7 Å². The lowest BCUT2D eigenvalue weighted by Gasteiger charge is -2.15. The van der Waals surface area contributed by atoms with Crippen LogP contribution >= 0.6 is 0 Å². The lowest BCUT2D eigenvalue weighted by Crippen LogP contribution is -2.26. The number of carboxylic acids is 1. The molecule has 0 aliphatic rings. The molecule has 15 heavy (non-hydrogen) atoms. The number of nitrogens with zero attached hydrogens (tertiary/aromatic N) is 2. The van der Waals surface area contributed by atoms with Crippen molar-refractivity contribution < 1.29 is 14.7 Å². The van der Waals surface area contributed by atoms with E-state index in [1.165, 1.54) is 23.2 Å². The van der Waals surface area contributed by atoms with Crippen LogP contribution in [-0.2, 0) is 4.79 Å². The number of hydrogen-bond donors (Lipinski definition) is 2. The molecule has 1 heterocycles. The molecule has 0 unspecified atom stereocenters. The molecular formula is C9H11N3O3. The third-order valence-corrected chi connectivity index (χ3v) is 1.79. The Hall–Kier alpha value is -2.11. The molecule has 0 radical (unpaired) electrons. The molecule has 0 saturated carbocycles. The van der Waals surface area contributed by atoms with Gasteiger partial charge in [0.25, 0.3) is 0 Å². The Morgan fingerprint density at radius 2 is 2.27 bits per heavy atom. The summed E-state index contributed by atoms with van der Waals surface area (Å²) in [4.78, 5) is 26.6. The van der Waals surface area contributed by atoms with Crippen molar-refractivity contribution in [1.29, 1.82) is 0 Å². The molecule has 0 fully saturated rings. The first-order valence-electron chi connectivity index (χ1n) is 4.19. The number of aromatic nitrogens is 1. The number of amides is 1. The first kappa shape index (κ1) is 11.0. The molecule has 3 N–H and O–H groups in total. The van der Waals surface area contributed by atoms with Gasteiger partial charge < -0.3 is 15.7 Å². The van der Waals surface area contributed by atoms with Crippen molar-refractivity contribution in [1.82, 2.24) is 4.98 Å². The van der Waals surface area contributed by atoms with Crippen LogP contribution in [0.4, 0.5) is 5.82 Å². The second-order valence-electron chi connectivity index (χ2n) is 3.02. The lowest BCUT2D eigenvalue weighted by atomic mass is 10.2. The molecule has 0 aliphatic heterocycles. The lowest BCUT2D eigenvalue weighted by molar-refractivity contribution is -0.135. The summed E-state index contributed by atoms with van der Waals surface area (Å²) in [6.07, 6.45) is 1.41. The minimum Gasteiger partial charge on any atom is -0.480 e. The molecular weight excluding hydrogens is 198 g/mol. The third-order valence-electron chi connectivity index (χ3n) is 1.79. The molecule has 1 aromatic rings. The van der Waals surface area contributed by atoms with Crippen molar-refractivity contribution in [2.24, 2.45) is 5.73 Å². The van der Waals surface area contributed by atoms with Crippen LogP contribution in [0.1, 0.15) is 10.4 Å². The zero-order chi connectivity index (χ0) is 11.4. The van der Waals surface area contributed by atoms with E-state index >= 15 is 0 Å². The predicted octanol–water partition coefficient (Wildman–Crippen LogP) is -0.299. The zero-order valence-electron chi connectivity index (χ0n) is 8.17. The zero-order valence-corrected chi connectivity index (χ0v) is 8.17. The molecule has 0 aromatic carbocycles. The van der Waals surface area contributed by atoms with Gasteiger partial charge in [0.15, 0.2) is 0 Å². The fourth-order valence-corrected chi connectivity index (χ4v) is 1.06. The summed E-state index contributed by atoms with van der Waals surface area (Å²) in [6, 6.07) is 2.92. The summed E-state index contributed by atoms with van der Waals surface area (Å²) < 4.78 is 0. The first-order chi connectivity index (χ1) is 7.00. The highest BCUT2D eigenvalue weighted by atomic mass is 16.4. The second-order valence-corrected chi connectivity index (χ2v) is 3.02. The Morgan fingerprint density at radius 3 is 2.80 bits per heavy atom. The van der Waals surface area contributed by atoms with E-state index in [0.29, 0.717) is 11.4 Å². The second kappa shape index (κ2) is 4.41. The minimum atomic E-state index is -0.969. The van der Waals surface area contributed by atoms with Gasteiger partial charge in [-0.05, 0) is 12.1 Å². The number of hydrogen-bond acceptors (Lipinski definition) is 4. The van der Waals surface area contributed by atoms with Crippen LogP contribution in [-0.4, -0.2) is 35.6 Å². The van der Waals surface area contributed by atoms with E-state index in [0.717, 1.165) is 0 Å². The molecule has 0 aliphatic carbocycles. The highest BCUT2D eigenvalue weighted by Gasteiger charge is 2.08. The molecule has 80 valence electrons. The molecule has 0 spiro atoms. The van der Waals surface area contributed by atoms with Gasteiger partial charge in [0.2, 0.25) is 5.91 Å². The van der Waals surface area contributed by atoms with Gasteiger partial charge in [-0.15, -0.1) is 0 Å². The summed E-state index contributed by atoms with van der Waals surface area (Å²) in [5.74, 6) is -1.14. The Balaban J connectivity index is 2.89. The summed E-state index contributed by atoms with van der Waals surface area (Å²) >= 11 is 0. The average molecular weight is 209 g/mol. The van der Waals surface area contributed by atoms with Crippen molar-refractivity contribution in [2.45, 2.75) is 0 Å². The maximum absolute atomic E-state index is 10.9. The predicted molar refractivity (Wildman–Crippen MR) is 53.7 cm³/mol. The summed E-state index contributed by atoms with van der Waals surface area (Å²) in [7, 11) is 1.57. The number of nitrogens with two attached hydrogens (primary N) is 1. The van der Waals surface area contributed by atoms with Crippen molar-refractivity contribution in [3.8, 4) is 0 Å². The molecule has 1 amide bonds. The number of rotatable bonds is 4. The number of carbonyl (C=O) groups excluding carboxylic acids is 1. The summed E-state index contributed by atoms with van der Waals surface area (Å²) in [5, 5.41) is 8.56. The van der Waals surface area contributed by atoms with Crippen LogP contribution in [0.3, 0.4) is 0 Å². The van der Waals surface area contributed by atoms with E-state index in [4.69, 9.17) is 10.8 Å². The normalized spacial score (nSPS) is 9.67. The van der Waals surface area contributed by atoms with Gasteiger partial charge in [-0.25, -0.2) is 4.98 Å². The number of aliphatic carboxylic acids is 1. The maximum atomic E-state index is 10.9. The first-order valence-corrected chi connectivity index (χ1v) is 4.19. The van der Waals surface area contributed by atoms with Crippen molar-refractivity contribution in [3.05, 3.63) is 23.9 Å². The number of carboxylic acid groups (broad SMARTS) is 1. The van der Waals surface area contributed by atoms with Crippen molar-refractivity contribution in [3.63, 3.8) is 0 Å². The fraction of sp³-hybridized carbons (Fsp3) is 0.222. The van der Waals surface area contributed by atoms with Gasteiger partial charge in [-0.2, -0.15) is 0 Å². The molecule has 1 aromatic heterocycles. The van der Waals surface area contributed by atoms with Crippen LogP contribution in [0.5, 0.6) is 0 Å². The summed E-state index contributed by atoms with van der Waals surface area (Å²) in [5.41, 5.74) is 5.39. The largest absolute Gasteiger partial charge is 0.480 e. The maximum Gasteiger partial charge on any atom is 0.323 e. The van der Waals surface area contributed by atoms with E-state index in [2.05, 4.69) is 4.98 Å². The number of primary amides is 1. The Bertz CT molecular complexity index is 392. The van der Waals surface area contributed by atoms with Gasteiger partial charge in [-0.1, -0.05) is 0 Å². The quantitative estimate of drug-likeness (QED) is 0.709. The highest BCUT2D eigenvalue weighted by molar-refractivity contribution is 5.93. The SMILES string of the molecule is CN(CC(=O)O)c1cc(C(N)=O)ccn1. The van der Waals surface area contributed by atoms with Gasteiger partial charge in [0, 0.05) is 18.8 Å². The van der Waals surface area contributed by atoms with Crippen LogP contribution in [0.2, 0.25) is 0 Å².